The zero-order valence-electron chi connectivity index (χ0n) is 8.14. The van der Waals surface area contributed by atoms with Crippen LogP contribution >= 0.6 is 11.8 Å². The van der Waals surface area contributed by atoms with Gasteiger partial charge in [0.25, 0.3) is 0 Å². The molecule has 2 nitrogen and oxygen atoms in total. The van der Waals surface area contributed by atoms with Crippen LogP contribution in [0, 0.1) is 0 Å². The second-order valence-corrected chi connectivity index (χ2v) is 4.74. The lowest BCUT2D eigenvalue weighted by molar-refractivity contribution is -0.126. The Bertz CT molecular complexity index is 325. The van der Waals surface area contributed by atoms with E-state index >= 15 is 0 Å². The number of thioether (sulfide) groups is 1. The van der Waals surface area contributed by atoms with Crippen LogP contribution in [0.3, 0.4) is 0 Å². The molecular weight excluding hydrogens is 194 g/mol. The fraction of sp³-hybridized carbons (Fsp3) is 0.364. The highest BCUT2D eigenvalue weighted by Crippen LogP contribution is 2.29. The zero-order chi connectivity index (χ0) is 9.97. The van der Waals surface area contributed by atoms with Crippen molar-refractivity contribution in [3.8, 4) is 0 Å². The second-order valence-electron chi connectivity index (χ2n) is 3.47. The molecule has 1 aliphatic heterocycles. The lowest BCUT2D eigenvalue weighted by Gasteiger charge is -2.09. The van der Waals surface area contributed by atoms with Crippen molar-refractivity contribution in [2.45, 2.75) is 16.6 Å². The van der Waals surface area contributed by atoms with Crippen LogP contribution in [0.5, 0.6) is 0 Å². The largest absolute Gasteiger partial charge is 0.345 e. The van der Waals surface area contributed by atoms with Gasteiger partial charge >= 0.3 is 0 Å². The summed E-state index contributed by atoms with van der Waals surface area (Å²) in [4.78, 5) is 14.6. The number of hydrogen-bond acceptors (Lipinski definition) is 2. The average molecular weight is 207 g/mol. The van der Waals surface area contributed by atoms with E-state index in [0.29, 0.717) is 0 Å². The first-order valence-electron chi connectivity index (χ1n) is 4.74. The minimum atomic E-state index is 0.127. The number of likely N-dealkylation sites (tertiary alicyclic amines) is 1. The van der Waals surface area contributed by atoms with E-state index in [1.807, 2.05) is 25.2 Å². The molecule has 3 heteroatoms. The van der Waals surface area contributed by atoms with Gasteiger partial charge in [-0.1, -0.05) is 18.2 Å². The molecule has 2 rings (SSSR count). The Kier molecular flexibility index (Phi) is 2.77. The van der Waals surface area contributed by atoms with Gasteiger partial charge in [0.1, 0.15) is 0 Å². The van der Waals surface area contributed by atoms with Crippen molar-refractivity contribution < 1.29 is 4.79 Å². The summed E-state index contributed by atoms with van der Waals surface area (Å²) in [6, 6.07) is 10.1. The van der Waals surface area contributed by atoms with E-state index in [2.05, 4.69) is 12.1 Å². The summed E-state index contributed by atoms with van der Waals surface area (Å²) in [5.41, 5.74) is 0. The number of nitrogens with zero attached hydrogens (tertiary/aromatic N) is 1. The van der Waals surface area contributed by atoms with Crippen LogP contribution < -0.4 is 0 Å². The molecule has 0 aromatic heterocycles. The molecule has 1 heterocycles. The summed E-state index contributed by atoms with van der Waals surface area (Å²) >= 11 is 1.67. The van der Waals surface area contributed by atoms with Crippen molar-refractivity contribution in [3.05, 3.63) is 30.3 Å². The first-order valence-corrected chi connectivity index (χ1v) is 5.62. The van der Waals surface area contributed by atoms with E-state index in [0.717, 1.165) is 13.0 Å². The summed E-state index contributed by atoms with van der Waals surface area (Å²) in [6.45, 7) is 0.892. The molecule has 1 saturated heterocycles. The van der Waals surface area contributed by atoms with Gasteiger partial charge in [-0.05, 0) is 18.6 Å². The Morgan fingerprint density at radius 2 is 2.07 bits per heavy atom. The van der Waals surface area contributed by atoms with Crippen LogP contribution in [0.15, 0.2) is 35.2 Å². The van der Waals surface area contributed by atoms with Gasteiger partial charge in [0.2, 0.25) is 5.91 Å². The Morgan fingerprint density at radius 3 is 2.64 bits per heavy atom. The van der Waals surface area contributed by atoms with E-state index in [-0.39, 0.29) is 11.2 Å². The summed E-state index contributed by atoms with van der Waals surface area (Å²) in [6.07, 6.45) is 0.967. The van der Waals surface area contributed by atoms with E-state index < -0.39 is 0 Å². The van der Waals surface area contributed by atoms with Gasteiger partial charge in [-0.3, -0.25) is 4.79 Å². The molecule has 1 aromatic rings. The fourth-order valence-electron chi connectivity index (χ4n) is 1.56. The van der Waals surface area contributed by atoms with Gasteiger partial charge in [0.15, 0.2) is 0 Å². The Balaban J connectivity index is 2.02. The maximum atomic E-state index is 11.6. The van der Waals surface area contributed by atoms with Gasteiger partial charge < -0.3 is 4.90 Å². The highest BCUT2D eigenvalue weighted by molar-refractivity contribution is 8.00. The number of carbonyl (C=O) groups excluding carboxylic acids is 1. The third kappa shape index (κ3) is 1.93. The third-order valence-electron chi connectivity index (χ3n) is 2.40. The number of hydrogen-bond donors (Lipinski definition) is 0. The van der Waals surface area contributed by atoms with Crippen LogP contribution in [0.4, 0.5) is 0 Å². The third-order valence-corrected chi connectivity index (χ3v) is 3.67. The summed E-state index contributed by atoms with van der Waals surface area (Å²) in [7, 11) is 1.87. The van der Waals surface area contributed by atoms with E-state index in [1.54, 1.807) is 16.7 Å². The van der Waals surface area contributed by atoms with Crippen molar-refractivity contribution in [2.24, 2.45) is 0 Å². The first-order chi connectivity index (χ1) is 6.77. The highest BCUT2D eigenvalue weighted by Gasteiger charge is 2.29. The molecule has 14 heavy (non-hydrogen) atoms. The molecule has 1 fully saturated rings. The lowest BCUT2D eigenvalue weighted by atomic mass is 10.4. The van der Waals surface area contributed by atoms with Crippen LogP contribution in [-0.4, -0.2) is 29.6 Å². The molecule has 0 bridgehead atoms. The molecule has 0 saturated carbocycles. The van der Waals surface area contributed by atoms with Gasteiger partial charge in [0.05, 0.1) is 5.25 Å². The standard InChI is InChI=1S/C11H13NOS/c1-12-8-7-10(11(12)13)14-9-5-3-2-4-6-9/h2-6,10H,7-8H2,1H3. The number of benzene rings is 1. The van der Waals surface area contributed by atoms with Crippen molar-refractivity contribution in [3.63, 3.8) is 0 Å². The topological polar surface area (TPSA) is 20.3 Å². The number of rotatable bonds is 2. The first kappa shape index (κ1) is 9.59. The van der Waals surface area contributed by atoms with Crippen molar-refractivity contribution in [2.75, 3.05) is 13.6 Å². The number of amides is 1. The predicted octanol–water partition coefficient (Wildman–Crippen LogP) is 2.01. The maximum absolute atomic E-state index is 11.6. The average Bonchev–Trinajstić information content (AvgIpc) is 2.52. The normalized spacial score (nSPS) is 21.6. The van der Waals surface area contributed by atoms with E-state index in [4.69, 9.17) is 0 Å². The molecule has 1 aromatic carbocycles. The van der Waals surface area contributed by atoms with Gasteiger partial charge in [0, 0.05) is 18.5 Å². The predicted molar refractivity (Wildman–Crippen MR) is 58.3 cm³/mol. The highest BCUT2D eigenvalue weighted by atomic mass is 32.2. The molecule has 74 valence electrons. The summed E-state index contributed by atoms with van der Waals surface area (Å²) < 4.78 is 0. The number of carbonyl (C=O) groups is 1. The summed E-state index contributed by atoms with van der Waals surface area (Å²) in [5.74, 6) is 0.263. The minimum Gasteiger partial charge on any atom is -0.345 e. The molecule has 0 radical (unpaired) electrons. The Hall–Kier alpha value is -0.960. The lowest BCUT2D eigenvalue weighted by Crippen LogP contribution is -2.23. The van der Waals surface area contributed by atoms with Crippen LogP contribution in [0.2, 0.25) is 0 Å². The molecule has 1 amide bonds. The van der Waals surface area contributed by atoms with Crippen LogP contribution in [0.1, 0.15) is 6.42 Å². The quantitative estimate of drug-likeness (QED) is 0.739. The second kappa shape index (κ2) is 4.05. The Labute approximate surface area is 88.3 Å². The molecule has 0 spiro atoms. The summed E-state index contributed by atoms with van der Waals surface area (Å²) in [5, 5.41) is 0.127. The fourth-order valence-corrected chi connectivity index (χ4v) is 2.71. The smallest absolute Gasteiger partial charge is 0.235 e. The SMILES string of the molecule is CN1CCC(Sc2ccccc2)C1=O. The maximum Gasteiger partial charge on any atom is 0.235 e. The van der Waals surface area contributed by atoms with Crippen molar-refractivity contribution in [1.82, 2.24) is 4.90 Å². The van der Waals surface area contributed by atoms with Crippen molar-refractivity contribution >= 4 is 17.7 Å². The molecule has 0 N–H and O–H groups in total. The monoisotopic (exact) mass is 207 g/mol. The molecule has 1 unspecified atom stereocenters. The van der Waals surface area contributed by atoms with Crippen LogP contribution in [0.25, 0.3) is 0 Å². The molecule has 0 aliphatic carbocycles. The minimum absolute atomic E-state index is 0.127. The van der Waals surface area contributed by atoms with Gasteiger partial charge in [-0.15, -0.1) is 11.8 Å². The molecule has 1 aliphatic rings. The van der Waals surface area contributed by atoms with Gasteiger partial charge in [-0.25, -0.2) is 0 Å². The Morgan fingerprint density at radius 1 is 1.36 bits per heavy atom. The molecule has 1 atom stereocenters. The molecular formula is C11H13NOS. The van der Waals surface area contributed by atoms with Crippen LogP contribution in [-0.2, 0) is 4.79 Å². The van der Waals surface area contributed by atoms with Gasteiger partial charge in [-0.2, -0.15) is 0 Å². The van der Waals surface area contributed by atoms with Crippen molar-refractivity contribution in [1.29, 1.82) is 0 Å². The van der Waals surface area contributed by atoms with E-state index in [9.17, 15) is 4.79 Å². The van der Waals surface area contributed by atoms with E-state index in [1.165, 1.54) is 4.90 Å². The zero-order valence-corrected chi connectivity index (χ0v) is 8.96.